The summed E-state index contributed by atoms with van der Waals surface area (Å²) in [6.07, 6.45) is 2.90. The van der Waals surface area contributed by atoms with Gasteiger partial charge in [-0.25, -0.2) is 8.42 Å². The molecule has 160 valence electrons. The number of likely N-dealkylation sites (tertiary alicyclic amines) is 1. The molecule has 1 heterocycles. The van der Waals surface area contributed by atoms with Crippen LogP contribution in [0.5, 0.6) is 0 Å². The third-order valence-corrected chi connectivity index (χ3v) is 9.46. The van der Waals surface area contributed by atoms with Crippen LogP contribution in [-0.2, 0) is 19.4 Å². The SMILES string of the molecule is CCOC(=O)C1(S(=O)(=O)c2ccc(Sc3ccccc3)cc2)CCN(C2CC2)CC1. The molecular formula is C23H27NO4S2. The Bertz CT molecular complexity index is 978. The van der Waals surface area contributed by atoms with Gasteiger partial charge in [-0.1, -0.05) is 30.0 Å². The molecule has 1 aliphatic carbocycles. The molecule has 0 spiro atoms. The average molecular weight is 446 g/mol. The molecule has 2 fully saturated rings. The molecule has 1 aliphatic heterocycles. The maximum atomic E-state index is 13.7. The zero-order valence-electron chi connectivity index (χ0n) is 17.1. The predicted molar refractivity (Wildman–Crippen MR) is 117 cm³/mol. The molecule has 30 heavy (non-hydrogen) atoms. The number of nitrogens with zero attached hydrogens (tertiary/aromatic N) is 1. The topological polar surface area (TPSA) is 63.7 Å². The van der Waals surface area contributed by atoms with E-state index < -0.39 is 20.6 Å². The first-order valence-corrected chi connectivity index (χ1v) is 12.7. The van der Waals surface area contributed by atoms with E-state index in [1.165, 1.54) is 12.8 Å². The van der Waals surface area contributed by atoms with Crippen LogP contribution in [0.1, 0.15) is 32.6 Å². The molecule has 0 atom stereocenters. The minimum Gasteiger partial charge on any atom is -0.465 e. The Morgan fingerprint density at radius 2 is 1.63 bits per heavy atom. The second kappa shape index (κ2) is 8.73. The van der Waals surface area contributed by atoms with E-state index in [1.807, 2.05) is 42.5 Å². The Labute approximate surface area is 182 Å². The molecule has 2 aliphatic rings. The third kappa shape index (κ3) is 4.15. The highest BCUT2D eigenvalue weighted by Crippen LogP contribution is 2.40. The quantitative estimate of drug-likeness (QED) is 0.596. The van der Waals surface area contributed by atoms with Crippen molar-refractivity contribution in [3.8, 4) is 0 Å². The number of benzene rings is 2. The van der Waals surface area contributed by atoms with Crippen LogP contribution in [0.25, 0.3) is 0 Å². The number of esters is 1. The maximum Gasteiger partial charge on any atom is 0.327 e. The highest BCUT2D eigenvalue weighted by Gasteiger charge is 2.55. The zero-order chi connectivity index (χ0) is 21.2. The van der Waals surface area contributed by atoms with Gasteiger partial charge in [0.25, 0.3) is 0 Å². The molecule has 0 amide bonds. The van der Waals surface area contributed by atoms with E-state index in [2.05, 4.69) is 4.90 Å². The Morgan fingerprint density at radius 3 is 2.20 bits per heavy atom. The van der Waals surface area contributed by atoms with Crippen molar-refractivity contribution in [1.82, 2.24) is 4.90 Å². The molecule has 0 aromatic heterocycles. The van der Waals surface area contributed by atoms with Crippen molar-refractivity contribution in [3.63, 3.8) is 0 Å². The van der Waals surface area contributed by atoms with Crippen LogP contribution >= 0.6 is 11.8 Å². The van der Waals surface area contributed by atoms with Crippen LogP contribution in [0.3, 0.4) is 0 Å². The fraction of sp³-hybridized carbons (Fsp3) is 0.435. The lowest BCUT2D eigenvalue weighted by atomic mass is 9.95. The van der Waals surface area contributed by atoms with Gasteiger partial charge in [0.15, 0.2) is 14.6 Å². The summed E-state index contributed by atoms with van der Waals surface area (Å²) < 4.78 is 31.1. The summed E-state index contributed by atoms with van der Waals surface area (Å²) in [6.45, 7) is 3.12. The number of rotatable bonds is 7. The molecule has 0 N–H and O–H groups in total. The van der Waals surface area contributed by atoms with Crippen molar-refractivity contribution in [2.75, 3.05) is 19.7 Å². The lowest BCUT2D eigenvalue weighted by Gasteiger charge is -2.39. The molecule has 5 nitrogen and oxygen atoms in total. The Balaban J connectivity index is 1.59. The van der Waals surface area contributed by atoms with E-state index in [1.54, 1.807) is 30.8 Å². The Kier molecular flexibility index (Phi) is 6.23. The van der Waals surface area contributed by atoms with Crippen LogP contribution in [0.4, 0.5) is 0 Å². The van der Waals surface area contributed by atoms with E-state index in [0.29, 0.717) is 19.1 Å². The van der Waals surface area contributed by atoms with Gasteiger partial charge in [-0.05, 0) is 69.0 Å². The fourth-order valence-electron chi connectivity index (χ4n) is 4.07. The van der Waals surface area contributed by atoms with Crippen molar-refractivity contribution in [2.45, 2.75) is 58.1 Å². The average Bonchev–Trinajstić information content (AvgIpc) is 3.60. The first-order chi connectivity index (χ1) is 14.5. The lowest BCUT2D eigenvalue weighted by Crippen LogP contribution is -2.55. The molecule has 7 heteroatoms. The number of ether oxygens (including phenoxy) is 1. The predicted octanol–water partition coefficient (Wildman–Crippen LogP) is 4.17. The molecule has 2 aromatic carbocycles. The first-order valence-electron chi connectivity index (χ1n) is 10.5. The fourth-order valence-corrected chi connectivity index (χ4v) is 6.85. The number of hydrogen-bond acceptors (Lipinski definition) is 6. The zero-order valence-corrected chi connectivity index (χ0v) is 18.8. The molecule has 0 radical (unpaired) electrons. The van der Waals surface area contributed by atoms with Gasteiger partial charge in [0.05, 0.1) is 11.5 Å². The second-order valence-electron chi connectivity index (χ2n) is 7.87. The summed E-state index contributed by atoms with van der Waals surface area (Å²) in [5.41, 5.74) is 0. The van der Waals surface area contributed by atoms with Crippen LogP contribution in [0.15, 0.2) is 69.3 Å². The smallest absolute Gasteiger partial charge is 0.327 e. The minimum absolute atomic E-state index is 0.176. The molecule has 0 bridgehead atoms. The van der Waals surface area contributed by atoms with Gasteiger partial charge in [0.1, 0.15) is 0 Å². The minimum atomic E-state index is -3.87. The summed E-state index contributed by atoms with van der Waals surface area (Å²) in [7, 11) is -3.87. The highest BCUT2D eigenvalue weighted by atomic mass is 32.2. The molecule has 1 saturated carbocycles. The number of sulfone groups is 1. The van der Waals surface area contributed by atoms with E-state index >= 15 is 0 Å². The van der Waals surface area contributed by atoms with Gasteiger partial charge in [0.2, 0.25) is 0 Å². The third-order valence-electron chi connectivity index (χ3n) is 5.94. The normalized spacial score (nSPS) is 19.4. The van der Waals surface area contributed by atoms with Crippen molar-refractivity contribution >= 4 is 27.6 Å². The van der Waals surface area contributed by atoms with Gasteiger partial charge in [0, 0.05) is 28.9 Å². The standard InChI is InChI=1S/C23H27NO4S2/c1-2-28-22(25)23(14-16-24(17-15-23)18-8-9-18)30(26,27)21-12-10-20(11-13-21)29-19-6-4-3-5-7-19/h3-7,10-13,18H,2,8-9,14-17H2,1H3. The molecule has 0 unspecified atom stereocenters. The van der Waals surface area contributed by atoms with Crippen molar-refractivity contribution in [3.05, 3.63) is 54.6 Å². The van der Waals surface area contributed by atoms with E-state index in [-0.39, 0.29) is 24.3 Å². The Hall–Kier alpha value is -1.83. The summed E-state index contributed by atoms with van der Waals surface area (Å²) in [4.78, 5) is 17.5. The summed E-state index contributed by atoms with van der Waals surface area (Å²) in [5, 5.41) is 0. The van der Waals surface area contributed by atoms with Gasteiger partial charge < -0.3 is 9.64 Å². The molecule has 1 saturated heterocycles. The number of hydrogen-bond donors (Lipinski definition) is 0. The van der Waals surface area contributed by atoms with Crippen LogP contribution in [0, 0.1) is 0 Å². The van der Waals surface area contributed by atoms with Crippen molar-refractivity contribution in [1.29, 1.82) is 0 Å². The highest BCUT2D eigenvalue weighted by molar-refractivity contribution is 7.99. The van der Waals surface area contributed by atoms with Gasteiger partial charge >= 0.3 is 5.97 Å². The maximum absolute atomic E-state index is 13.7. The van der Waals surface area contributed by atoms with Crippen LogP contribution in [-0.4, -0.2) is 49.8 Å². The lowest BCUT2D eigenvalue weighted by molar-refractivity contribution is -0.147. The van der Waals surface area contributed by atoms with E-state index in [9.17, 15) is 13.2 Å². The number of carbonyl (C=O) groups is 1. The summed E-state index contributed by atoms with van der Waals surface area (Å²) >= 11 is 1.57. The van der Waals surface area contributed by atoms with E-state index in [0.717, 1.165) is 9.79 Å². The number of piperidine rings is 1. The monoisotopic (exact) mass is 445 g/mol. The largest absolute Gasteiger partial charge is 0.465 e. The molecular weight excluding hydrogens is 418 g/mol. The van der Waals surface area contributed by atoms with Crippen molar-refractivity contribution in [2.24, 2.45) is 0 Å². The number of carbonyl (C=O) groups excluding carboxylic acids is 1. The van der Waals surface area contributed by atoms with Crippen LogP contribution < -0.4 is 0 Å². The molecule has 4 rings (SSSR count). The van der Waals surface area contributed by atoms with E-state index in [4.69, 9.17) is 4.74 Å². The Morgan fingerprint density at radius 1 is 1.03 bits per heavy atom. The second-order valence-corrected chi connectivity index (χ2v) is 11.3. The summed E-state index contributed by atoms with van der Waals surface area (Å²) in [6, 6.07) is 17.3. The molecule has 2 aromatic rings. The van der Waals surface area contributed by atoms with Gasteiger partial charge in [-0.2, -0.15) is 0 Å². The first kappa shape index (κ1) is 21.4. The van der Waals surface area contributed by atoms with Crippen molar-refractivity contribution < 1.29 is 17.9 Å². The van der Waals surface area contributed by atoms with Gasteiger partial charge in [-0.15, -0.1) is 0 Å². The van der Waals surface area contributed by atoms with Crippen LogP contribution in [0.2, 0.25) is 0 Å². The summed E-state index contributed by atoms with van der Waals surface area (Å²) in [5.74, 6) is -0.608. The van der Waals surface area contributed by atoms with Gasteiger partial charge in [-0.3, -0.25) is 4.79 Å².